The summed E-state index contributed by atoms with van der Waals surface area (Å²) in [6.45, 7) is 10.6. The number of amides is 2. The number of carbonyl (C=O) groups excluding carboxylic acids is 2. The van der Waals surface area contributed by atoms with Gasteiger partial charge in [0.15, 0.2) is 0 Å². The van der Waals surface area contributed by atoms with E-state index in [0.717, 1.165) is 13.0 Å². The second-order valence-corrected chi connectivity index (χ2v) is 3.72. The Morgan fingerprint density at radius 2 is 1.25 bits per heavy atom. The Bertz CT molecular complexity index is 225. The molecule has 16 heavy (non-hydrogen) atoms. The average Bonchev–Trinajstić information content (AvgIpc) is 2.27. The van der Waals surface area contributed by atoms with Crippen molar-refractivity contribution in [3.63, 3.8) is 0 Å². The van der Waals surface area contributed by atoms with Crippen molar-refractivity contribution < 1.29 is 9.59 Å². The highest BCUT2D eigenvalue weighted by Gasteiger charge is 2.18. The van der Waals surface area contributed by atoms with E-state index in [1.807, 2.05) is 27.7 Å². The quantitative estimate of drug-likeness (QED) is 0.620. The van der Waals surface area contributed by atoms with Crippen LogP contribution in [0.25, 0.3) is 0 Å². The van der Waals surface area contributed by atoms with Crippen LogP contribution in [0.5, 0.6) is 0 Å². The normalized spacial score (nSPS) is 10.0. The molecule has 0 heterocycles. The zero-order valence-corrected chi connectivity index (χ0v) is 11.0. The molecule has 0 radical (unpaired) electrons. The van der Waals surface area contributed by atoms with Crippen LogP contribution in [0.15, 0.2) is 0 Å². The molecular formula is C12H24N2O2. The summed E-state index contributed by atoms with van der Waals surface area (Å²) in [6.07, 6.45) is 0.939. The van der Waals surface area contributed by atoms with Crippen molar-refractivity contribution in [2.75, 3.05) is 26.2 Å². The van der Waals surface area contributed by atoms with Gasteiger partial charge in [0.1, 0.15) is 6.42 Å². The fourth-order valence-corrected chi connectivity index (χ4v) is 1.66. The maximum absolute atomic E-state index is 11.8. The molecule has 0 atom stereocenters. The average molecular weight is 228 g/mol. The van der Waals surface area contributed by atoms with E-state index < -0.39 is 0 Å². The molecule has 0 aromatic carbocycles. The third-order valence-electron chi connectivity index (χ3n) is 2.65. The molecule has 0 aromatic heterocycles. The Morgan fingerprint density at radius 1 is 0.812 bits per heavy atom. The molecule has 0 N–H and O–H groups in total. The van der Waals surface area contributed by atoms with Gasteiger partial charge in [0.05, 0.1) is 0 Å². The molecule has 2 amide bonds. The number of hydrogen-bond acceptors (Lipinski definition) is 2. The van der Waals surface area contributed by atoms with Gasteiger partial charge in [-0.2, -0.15) is 0 Å². The lowest BCUT2D eigenvalue weighted by molar-refractivity contribution is -0.140. The fraction of sp³-hybridized carbons (Fsp3) is 0.833. The largest absolute Gasteiger partial charge is 0.343 e. The summed E-state index contributed by atoms with van der Waals surface area (Å²) in [5.74, 6) is -0.120. The van der Waals surface area contributed by atoms with Crippen LogP contribution in [0.4, 0.5) is 0 Å². The van der Waals surface area contributed by atoms with E-state index in [0.29, 0.717) is 19.6 Å². The summed E-state index contributed by atoms with van der Waals surface area (Å²) >= 11 is 0. The Kier molecular flexibility index (Phi) is 7.60. The van der Waals surface area contributed by atoms with Gasteiger partial charge in [-0.3, -0.25) is 9.59 Å². The predicted octanol–water partition coefficient (Wildman–Crippen LogP) is 1.50. The van der Waals surface area contributed by atoms with E-state index in [9.17, 15) is 9.59 Å². The molecule has 0 unspecified atom stereocenters. The highest BCUT2D eigenvalue weighted by Crippen LogP contribution is 2.00. The van der Waals surface area contributed by atoms with E-state index >= 15 is 0 Å². The molecule has 0 aliphatic rings. The molecule has 0 fully saturated rings. The Hall–Kier alpha value is -1.06. The Morgan fingerprint density at radius 3 is 1.62 bits per heavy atom. The topological polar surface area (TPSA) is 40.6 Å². The van der Waals surface area contributed by atoms with Gasteiger partial charge in [-0.05, 0) is 27.2 Å². The maximum Gasteiger partial charge on any atom is 0.232 e. The first kappa shape index (κ1) is 14.9. The number of carbonyl (C=O) groups is 2. The van der Waals surface area contributed by atoms with Crippen LogP contribution in [0, 0.1) is 0 Å². The van der Waals surface area contributed by atoms with Gasteiger partial charge in [-0.1, -0.05) is 6.92 Å². The van der Waals surface area contributed by atoms with Gasteiger partial charge >= 0.3 is 0 Å². The lowest BCUT2D eigenvalue weighted by Crippen LogP contribution is -2.38. The molecule has 0 aliphatic carbocycles. The smallest absolute Gasteiger partial charge is 0.232 e. The molecule has 0 aliphatic heterocycles. The van der Waals surface area contributed by atoms with Gasteiger partial charge < -0.3 is 9.80 Å². The van der Waals surface area contributed by atoms with E-state index in [-0.39, 0.29) is 18.2 Å². The van der Waals surface area contributed by atoms with Crippen molar-refractivity contribution >= 4 is 11.8 Å². The van der Waals surface area contributed by atoms with Crippen LogP contribution in [-0.2, 0) is 9.59 Å². The van der Waals surface area contributed by atoms with Crippen LogP contribution in [0.2, 0.25) is 0 Å². The summed E-state index contributed by atoms with van der Waals surface area (Å²) < 4.78 is 0. The molecule has 0 saturated heterocycles. The first-order valence-electron chi connectivity index (χ1n) is 6.16. The third kappa shape index (κ3) is 4.64. The first-order valence-corrected chi connectivity index (χ1v) is 6.16. The first-order chi connectivity index (χ1) is 7.60. The highest BCUT2D eigenvalue weighted by molar-refractivity contribution is 5.96. The van der Waals surface area contributed by atoms with Gasteiger partial charge in [-0.15, -0.1) is 0 Å². The molecule has 4 heteroatoms. The minimum atomic E-state index is -0.0652. The zero-order valence-electron chi connectivity index (χ0n) is 11.0. The minimum Gasteiger partial charge on any atom is -0.343 e. The summed E-state index contributed by atoms with van der Waals surface area (Å²) in [5.41, 5.74) is 0. The molecule has 0 spiro atoms. The molecule has 0 rings (SSSR count). The van der Waals surface area contributed by atoms with Crippen molar-refractivity contribution in [2.45, 2.75) is 40.5 Å². The van der Waals surface area contributed by atoms with Crippen LogP contribution in [-0.4, -0.2) is 47.8 Å². The van der Waals surface area contributed by atoms with Crippen LogP contribution < -0.4 is 0 Å². The van der Waals surface area contributed by atoms with Crippen molar-refractivity contribution in [1.82, 2.24) is 9.80 Å². The molecular weight excluding hydrogens is 204 g/mol. The number of nitrogens with zero attached hydrogens (tertiary/aromatic N) is 2. The SMILES string of the molecule is CCCN(CC)C(=O)CC(=O)N(CC)CC. The predicted molar refractivity (Wildman–Crippen MR) is 65.1 cm³/mol. The van der Waals surface area contributed by atoms with Gasteiger partial charge in [-0.25, -0.2) is 0 Å². The van der Waals surface area contributed by atoms with Crippen molar-refractivity contribution in [3.05, 3.63) is 0 Å². The summed E-state index contributed by atoms with van der Waals surface area (Å²) in [6, 6.07) is 0. The van der Waals surface area contributed by atoms with Crippen LogP contribution >= 0.6 is 0 Å². The van der Waals surface area contributed by atoms with Crippen LogP contribution in [0.1, 0.15) is 40.5 Å². The second-order valence-electron chi connectivity index (χ2n) is 3.72. The van der Waals surface area contributed by atoms with Crippen molar-refractivity contribution in [2.24, 2.45) is 0 Å². The zero-order chi connectivity index (χ0) is 12.6. The van der Waals surface area contributed by atoms with Crippen LogP contribution in [0.3, 0.4) is 0 Å². The molecule has 94 valence electrons. The van der Waals surface area contributed by atoms with Gasteiger partial charge in [0.25, 0.3) is 0 Å². The summed E-state index contributed by atoms with van der Waals surface area (Å²) in [4.78, 5) is 26.9. The molecule has 0 bridgehead atoms. The third-order valence-corrected chi connectivity index (χ3v) is 2.65. The second kappa shape index (κ2) is 8.13. The van der Waals surface area contributed by atoms with Crippen molar-refractivity contribution in [3.8, 4) is 0 Å². The van der Waals surface area contributed by atoms with E-state index in [1.54, 1.807) is 9.80 Å². The standard InChI is InChI=1S/C12H24N2O2/c1-5-9-14(8-4)12(16)10-11(15)13(6-2)7-3/h5-10H2,1-4H3. The van der Waals surface area contributed by atoms with Gasteiger partial charge in [0.2, 0.25) is 11.8 Å². The van der Waals surface area contributed by atoms with Crippen molar-refractivity contribution in [1.29, 1.82) is 0 Å². The minimum absolute atomic E-state index is 0.00944. The number of rotatable bonds is 7. The Balaban J connectivity index is 4.25. The molecule has 0 saturated carbocycles. The monoisotopic (exact) mass is 228 g/mol. The highest BCUT2D eigenvalue weighted by atomic mass is 16.2. The van der Waals surface area contributed by atoms with E-state index in [4.69, 9.17) is 0 Å². The lowest BCUT2D eigenvalue weighted by atomic mass is 10.3. The fourth-order valence-electron chi connectivity index (χ4n) is 1.66. The Labute approximate surface area is 98.6 Å². The lowest BCUT2D eigenvalue weighted by Gasteiger charge is -2.23. The molecule has 4 nitrogen and oxygen atoms in total. The number of hydrogen-bond donors (Lipinski definition) is 0. The summed E-state index contributed by atoms with van der Waals surface area (Å²) in [7, 11) is 0. The van der Waals surface area contributed by atoms with E-state index in [2.05, 4.69) is 0 Å². The van der Waals surface area contributed by atoms with Gasteiger partial charge in [0, 0.05) is 26.2 Å². The summed E-state index contributed by atoms with van der Waals surface area (Å²) in [5, 5.41) is 0. The molecule has 0 aromatic rings. The maximum atomic E-state index is 11.8. The van der Waals surface area contributed by atoms with E-state index in [1.165, 1.54) is 0 Å².